The van der Waals surface area contributed by atoms with Gasteiger partial charge in [-0.05, 0) is 38.1 Å². The number of nitrogens with one attached hydrogen (secondary N) is 1. The van der Waals surface area contributed by atoms with Crippen LogP contribution in [0.4, 0.5) is 0 Å². The van der Waals surface area contributed by atoms with Crippen molar-refractivity contribution in [3.8, 4) is 0 Å². The maximum atomic E-state index is 5.39. The Morgan fingerprint density at radius 2 is 2.07 bits per heavy atom. The Balaban J connectivity index is 1.39. The molecule has 1 N–H and O–H groups in total. The molecule has 15 heavy (non-hydrogen) atoms. The van der Waals surface area contributed by atoms with Crippen LogP contribution in [0.1, 0.15) is 25.7 Å². The molecule has 3 aliphatic rings. The van der Waals surface area contributed by atoms with Crippen molar-refractivity contribution in [2.75, 3.05) is 32.8 Å². The van der Waals surface area contributed by atoms with E-state index in [0.717, 1.165) is 25.2 Å². The van der Waals surface area contributed by atoms with E-state index in [2.05, 4.69) is 10.2 Å². The molecule has 0 aromatic rings. The van der Waals surface area contributed by atoms with Gasteiger partial charge in [0.05, 0.1) is 6.61 Å². The molecule has 2 unspecified atom stereocenters. The Bertz CT molecular complexity index is 212. The second kappa shape index (κ2) is 4.40. The zero-order valence-corrected chi connectivity index (χ0v) is 9.45. The number of rotatable bonds is 4. The molecule has 3 fully saturated rings. The summed E-state index contributed by atoms with van der Waals surface area (Å²) in [6.07, 6.45) is 5.50. The van der Waals surface area contributed by atoms with Gasteiger partial charge in [-0.1, -0.05) is 0 Å². The van der Waals surface area contributed by atoms with Crippen LogP contribution in [0.25, 0.3) is 0 Å². The minimum atomic E-state index is 0.635. The van der Waals surface area contributed by atoms with Crippen LogP contribution in [0.15, 0.2) is 0 Å². The Morgan fingerprint density at radius 1 is 1.13 bits per heavy atom. The van der Waals surface area contributed by atoms with Crippen LogP contribution in [0, 0.1) is 5.92 Å². The summed E-state index contributed by atoms with van der Waals surface area (Å²) in [6.45, 7) is 5.82. The fourth-order valence-electron chi connectivity index (χ4n) is 2.80. The van der Waals surface area contributed by atoms with Crippen molar-refractivity contribution < 1.29 is 4.74 Å². The molecule has 2 heterocycles. The summed E-state index contributed by atoms with van der Waals surface area (Å²) < 4.78 is 5.39. The highest BCUT2D eigenvalue weighted by Crippen LogP contribution is 2.30. The molecule has 3 heteroatoms. The van der Waals surface area contributed by atoms with Gasteiger partial charge in [0.15, 0.2) is 0 Å². The van der Waals surface area contributed by atoms with Crippen LogP contribution in [0.3, 0.4) is 0 Å². The lowest BCUT2D eigenvalue weighted by Crippen LogP contribution is -2.40. The SMILES string of the molecule is C1CC(NC2CCN(CC3CC3)C2)CO1. The molecule has 0 radical (unpaired) electrons. The Hall–Kier alpha value is -0.120. The van der Waals surface area contributed by atoms with Crippen molar-refractivity contribution in [2.24, 2.45) is 5.92 Å². The van der Waals surface area contributed by atoms with E-state index < -0.39 is 0 Å². The third kappa shape index (κ3) is 2.71. The smallest absolute Gasteiger partial charge is 0.0620 e. The minimum Gasteiger partial charge on any atom is -0.380 e. The predicted octanol–water partition coefficient (Wildman–Crippen LogP) is 0.849. The van der Waals surface area contributed by atoms with Crippen LogP contribution >= 0.6 is 0 Å². The van der Waals surface area contributed by atoms with Crippen LogP contribution in [0.2, 0.25) is 0 Å². The summed E-state index contributed by atoms with van der Waals surface area (Å²) in [5, 5.41) is 3.73. The first kappa shape index (κ1) is 10.1. The van der Waals surface area contributed by atoms with Gasteiger partial charge in [-0.3, -0.25) is 0 Å². The van der Waals surface area contributed by atoms with Crippen LogP contribution in [0.5, 0.6) is 0 Å². The van der Waals surface area contributed by atoms with E-state index in [4.69, 9.17) is 4.74 Å². The van der Waals surface area contributed by atoms with E-state index in [9.17, 15) is 0 Å². The molecule has 86 valence electrons. The molecule has 3 rings (SSSR count). The second-order valence-electron chi connectivity index (χ2n) is 5.42. The molecule has 0 bridgehead atoms. The predicted molar refractivity (Wildman–Crippen MR) is 59.9 cm³/mol. The molecular weight excluding hydrogens is 188 g/mol. The number of hydrogen-bond donors (Lipinski definition) is 1. The van der Waals surface area contributed by atoms with Gasteiger partial charge in [-0.15, -0.1) is 0 Å². The fourth-order valence-corrected chi connectivity index (χ4v) is 2.80. The first-order valence-corrected chi connectivity index (χ1v) is 6.46. The van der Waals surface area contributed by atoms with E-state index in [1.165, 1.54) is 45.3 Å². The summed E-state index contributed by atoms with van der Waals surface area (Å²) in [5.41, 5.74) is 0. The Kier molecular flexibility index (Phi) is 2.95. The maximum absolute atomic E-state index is 5.39. The minimum absolute atomic E-state index is 0.635. The first-order valence-electron chi connectivity index (χ1n) is 6.46. The maximum Gasteiger partial charge on any atom is 0.0620 e. The third-order valence-electron chi connectivity index (χ3n) is 3.89. The molecule has 2 aliphatic heterocycles. The molecule has 2 saturated heterocycles. The van der Waals surface area contributed by atoms with Gasteiger partial charge in [0.25, 0.3) is 0 Å². The number of likely N-dealkylation sites (tertiary alicyclic amines) is 1. The highest BCUT2D eigenvalue weighted by atomic mass is 16.5. The average Bonchev–Trinajstić information content (AvgIpc) is 2.74. The highest BCUT2D eigenvalue weighted by Gasteiger charge is 2.30. The van der Waals surface area contributed by atoms with E-state index in [0.29, 0.717) is 6.04 Å². The molecule has 0 aromatic heterocycles. The Labute approximate surface area is 92.2 Å². The van der Waals surface area contributed by atoms with E-state index in [-0.39, 0.29) is 0 Å². The van der Waals surface area contributed by atoms with Crippen LogP contribution in [-0.2, 0) is 4.74 Å². The lowest BCUT2D eigenvalue weighted by Gasteiger charge is -2.19. The Morgan fingerprint density at radius 3 is 2.80 bits per heavy atom. The van der Waals surface area contributed by atoms with Crippen molar-refractivity contribution in [1.29, 1.82) is 0 Å². The lowest BCUT2D eigenvalue weighted by molar-refractivity contribution is 0.187. The van der Waals surface area contributed by atoms with Crippen LogP contribution < -0.4 is 5.32 Å². The molecule has 3 nitrogen and oxygen atoms in total. The quantitative estimate of drug-likeness (QED) is 0.744. The van der Waals surface area contributed by atoms with Gasteiger partial charge in [-0.25, -0.2) is 0 Å². The van der Waals surface area contributed by atoms with Crippen molar-refractivity contribution in [1.82, 2.24) is 10.2 Å². The number of nitrogens with zero attached hydrogens (tertiary/aromatic N) is 1. The zero-order valence-electron chi connectivity index (χ0n) is 9.45. The molecule has 0 amide bonds. The summed E-state index contributed by atoms with van der Waals surface area (Å²) >= 11 is 0. The van der Waals surface area contributed by atoms with E-state index >= 15 is 0 Å². The average molecular weight is 210 g/mol. The van der Waals surface area contributed by atoms with Gasteiger partial charge >= 0.3 is 0 Å². The van der Waals surface area contributed by atoms with Gasteiger partial charge in [0.1, 0.15) is 0 Å². The summed E-state index contributed by atoms with van der Waals surface area (Å²) in [6, 6.07) is 1.37. The molecule has 0 aromatic carbocycles. The number of ether oxygens (including phenoxy) is 1. The topological polar surface area (TPSA) is 24.5 Å². The largest absolute Gasteiger partial charge is 0.380 e. The zero-order chi connectivity index (χ0) is 10.1. The highest BCUT2D eigenvalue weighted by molar-refractivity contribution is 4.87. The molecular formula is C12H22N2O. The van der Waals surface area contributed by atoms with Crippen molar-refractivity contribution in [2.45, 2.75) is 37.8 Å². The van der Waals surface area contributed by atoms with E-state index in [1.807, 2.05) is 0 Å². The molecule has 1 aliphatic carbocycles. The molecule has 2 atom stereocenters. The number of hydrogen-bond acceptors (Lipinski definition) is 3. The van der Waals surface area contributed by atoms with E-state index in [1.54, 1.807) is 0 Å². The summed E-state index contributed by atoms with van der Waals surface area (Å²) in [5.74, 6) is 1.04. The summed E-state index contributed by atoms with van der Waals surface area (Å²) in [7, 11) is 0. The van der Waals surface area contributed by atoms with Crippen molar-refractivity contribution in [3.63, 3.8) is 0 Å². The van der Waals surface area contributed by atoms with Gasteiger partial charge in [0.2, 0.25) is 0 Å². The monoisotopic (exact) mass is 210 g/mol. The standard InChI is InChI=1S/C12H22N2O/c1-2-10(1)7-14-5-3-11(8-14)13-12-4-6-15-9-12/h10-13H,1-9H2. The lowest BCUT2D eigenvalue weighted by atomic mass is 10.2. The van der Waals surface area contributed by atoms with Gasteiger partial charge < -0.3 is 15.0 Å². The second-order valence-corrected chi connectivity index (χ2v) is 5.42. The third-order valence-corrected chi connectivity index (χ3v) is 3.89. The van der Waals surface area contributed by atoms with Crippen molar-refractivity contribution in [3.05, 3.63) is 0 Å². The molecule has 1 saturated carbocycles. The summed E-state index contributed by atoms with van der Waals surface area (Å²) in [4.78, 5) is 2.64. The van der Waals surface area contributed by atoms with Crippen LogP contribution in [-0.4, -0.2) is 49.8 Å². The normalized spacial score (nSPS) is 37.6. The van der Waals surface area contributed by atoms with Gasteiger partial charge in [-0.2, -0.15) is 0 Å². The van der Waals surface area contributed by atoms with Crippen molar-refractivity contribution >= 4 is 0 Å². The first-order chi connectivity index (χ1) is 7.40. The fraction of sp³-hybridized carbons (Fsp3) is 1.00. The van der Waals surface area contributed by atoms with Gasteiger partial charge in [0, 0.05) is 31.8 Å². The molecule has 0 spiro atoms.